The number of hydrogen-bond acceptors (Lipinski definition) is 5. The summed E-state index contributed by atoms with van der Waals surface area (Å²) < 4.78 is 11.7. The van der Waals surface area contributed by atoms with Gasteiger partial charge in [0.25, 0.3) is 0 Å². The molecule has 2 aromatic carbocycles. The molecule has 1 N–H and O–H groups in total. The Kier molecular flexibility index (Phi) is 9.92. The Morgan fingerprint density at radius 2 is 1.62 bits per heavy atom. The fraction of sp³-hybridized carbons (Fsp3) is 0.484. The highest BCUT2D eigenvalue weighted by Gasteiger charge is 2.45. The fourth-order valence-electron chi connectivity index (χ4n) is 5.62. The van der Waals surface area contributed by atoms with Crippen molar-refractivity contribution in [3.63, 3.8) is 0 Å². The Balaban J connectivity index is 1.38. The van der Waals surface area contributed by atoms with Gasteiger partial charge >= 0.3 is 5.97 Å². The monoisotopic (exact) mass is 505 g/mol. The highest BCUT2D eigenvalue weighted by Crippen LogP contribution is 2.35. The summed E-state index contributed by atoms with van der Waals surface area (Å²) in [6, 6.07) is 16.4. The van der Waals surface area contributed by atoms with Gasteiger partial charge in [-0.05, 0) is 74.0 Å². The van der Waals surface area contributed by atoms with Crippen LogP contribution in [0.25, 0.3) is 11.1 Å². The van der Waals surface area contributed by atoms with Crippen LogP contribution in [0.4, 0.5) is 0 Å². The first kappa shape index (κ1) is 27.1. The van der Waals surface area contributed by atoms with Gasteiger partial charge in [0, 0.05) is 18.8 Å². The SMILES string of the molecule is COc1ccc(-c2ccc(COC3CC(=O)C(N4CCCCC4)C3CC/C=C/CCC(=O)O)cc2)cc1. The lowest BCUT2D eigenvalue weighted by atomic mass is 9.92. The van der Waals surface area contributed by atoms with Crippen LogP contribution < -0.4 is 4.74 Å². The molecule has 2 aliphatic rings. The molecule has 6 nitrogen and oxygen atoms in total. The third kappa shape index (κ3) is 7.53. The molecule has 0 bridgehead atoms. The van der Waals surface area contributed by atoms with E-state index < -0.39 is 5.97 Å². The minimum Gasteiger partial charge on any atom is -0.497 e. The molecule has 2 aromatic rings. The van der Waals surface area contributed by atoms with Crippen LogP contribution in [0.3, 0.4) is 0 Å². The lowest BCUT2D eigenvalue weighted by Crippen LogP contribution is -2.46. The number of ketones is 1. The predicted octanol–water partition coefficient (Wildman–Crippen LogP) is 5.89. The van der Waals surface area contributed by atoms with Crippen molar-refractivity contribution in [2.24, 2.45) is 5.92 Å². The highest BCUT2D eigenvalue weighted by atomic mass is 16.5. The molecule has 1 aliphatic heterocycles. The van der Waals surface area contributed by atoms with Crippen LogP contribution in [0.5, 0.6) is 5.75 Å². The first-order valence-corrected chi connectivity index (χ1v) is 13.5. The van der Waals surface area contributed by atoms with E-state index in [1.54, 1.807) is 7.11 Å². The van der Waals surface area contributed by atoms with E-state index >= 15 is 0 Å². The average molecular weight is 506 g/mol. The van der Waals surface area contributed by atoms with Crippen molar-refractivity contribution in [3.8, 4) is 16.9 Å². The number of methoxy groups -OCH3 is 1. The van der Waals surface area contributed by atoms with Gasteiger partial charge in [-0.1, -0.05) is 55.0 Å². The number of piperidine rings is 1. The van der Waals surface area contributed by atoms with Gasteiger partial charge in [-0.3, -0.25) is 14.5 Å². The van der Waals surface area contributed by atoms with Crippen LogP contribution in [0.2, 0.25) is 0 Å². The lowest BCUT2D eigenvalue weighted by Gasteiger charge is -2.35. The van der Waals surface area contributed by atoms with Gasteiger partial charge in [-0.2, -0.15) is 0 Å². The molecule has 0 amide bonds. The molecule has 2 fully saturated rings. The van der Waals surface area contributed by atoms with Crippen LogP contribution in [-0.4, -0.2) is 54.1 Å². The lowest BCUT2D eigenvalue weighted by molar-refractivity contribution is -0.136. The second kappa shape index (κ2) is 13.5. The predicted molar refractivity (Wildman–Crippen MR) is 145 cm³/mol. The third-order valence-electron chi connectivity index (χ3n) is 7.60. The number of carbonyl (C=O) groups excluding carboxylic acids is 1. The number of Topliss-reactive ketones (excluding diaryl/α,β-unsaturated/α-hetero) is 1. The highest BCUT2D eigenvalue weighted by molar-refractivity contribution is 5.87. The van der Waals surface area contributed by atoms with Crippen molar-refractivity contribution in [2.45, 2.75) is 70.1 Å². The fourth-order valence-corrected chi connectivity index (χ4v) is 5.62. The van der Waals surface area contributed by atoms with Gasteiger partial charge in [0.2, 0.25) is 0 Å². The molecule has 0 radical (unpaired) electrons. The number of nitrogens with zero attached hydrogens (tertiary/aromatic N) is 1. The second-order valence-corrected chi connectivity index (χ2v) is 10.1. The van der Waals surface area contributed by atoms with Crippen molar-refractivity contribution in [1.29, 1.82) is 0 Å². The smallest absolute Gasteiger partial charge is 0.303 e. The molecule has 0 spiro atoms. The van der Waals surface area contributed by atoms with E-state index in [2.05, 4.69) is 47.4 Å². The van der Waals surface area contributed by atoms with Crippen LogP contribution in [0.1, 0.15) is 56.9 Å². The zero-order chi connectivity index (χ0) is 26.0. The molecule has 6 heteroatoms. The maximum atomic E-state index is 13.1. The molecule has 3 unspecified atom stereocenters. The van der Waals surface area contributed by atoms with Crippen LogP contribution in [-0.2, 0) is 20.9 Å². The van der Waals surface area contributed by atoms with Crippen molar-refractivity contribution < 1.29 is 24.2 Å². The molecular formula is C31H39NO5. The Labute approximate surface area is 220 Å². The number of carbonyl (C=O) groups is 2. The van der Waals surface area contributed by atoms with Gasteiger partial charge in [0.1, 0.15) is 5.75 Å². The Morgan fingerprint density at radius 1 is 0.973 bits per heavy atom. The minimum atomic E-state index is -0.776. The van der Waals surface area contributed by atoms with E-state index in [0.29, 0.717) is 25.2 Å². The maximum Gasteiger partial charge on any atom is 0.303 e. The summed E-state index contributed by atoms with van der Waals surface area (Å²) in [7, 11) is 1.67. The Bertz CT molecular complexity index is 1040. The van der Waals surface area contributed by atoms with Crippen molar-refractivity contribution >= 4 is 11.8 Å². The molecule has 37 heavy (non-hydrogen) atoms. The molecule has 1 heterocycles. The number of rotatable bonds is 12. The molecule has 3 atom stereocenters. The number of ether oxygens (including phenoxy) is 2. The van der Waals surface area contributed by atoms with Gasteiger partial charge in [0.15, 0.2) is 5.78 Å². The van der Waals surface area contributed by atoms with Gasteiger partial charge in [-0.25, -0.2) is 0 Å². The van der Waals surface area contributed by atoms with Crippen molar-refractivity contribution in [3.05, 3.63) is 66.2 Å². The average Bonchev–Trinajstić information content (AvgIpc) is 3.24. The first-order chi connectivity index (χ1) is 18.0. The van der Waals surface area contributed by atoms with Crippen molar-refractivity contribution in [2.75, 3.05) is 20.2 Å². The molecule has 1 saturated carbocycles. The Morgan fingerprint density at radius 3 is 2.27 bits per heavy atom. The van der Waals surface area contributed by atoms with E-state index in [1.807, 2.05) is 18.2 Å². The van der Waals surface area contributed by atoms with Crippen LogP contribution in [0.15, 0.2) is 60.7 Å². The van der Waals surface area contributed by atoms with Crippen molar-refractivity contribution in [1.82, 2.24) is 4.90 Å². The zero-order valence-corrected chi connectivity index (χ0v) is 21.8. The molecule has 1 aliphatic carbocycles. The minimum absolute atomic E-state index is 0.0600. The molecule has 0 aromatic heterocycles. The van der Waals surface area contributed by atoms with E-state index in [0.717, 1.165) is 61.2 Å². The van der Waals surface area contributed by atoms with Gasteiger partial charge in [0.05, 0.1) is 25.9 Å². The second-order valence-electron chi connectivity index (χ2n) is 10.1. The van der Waals surface area contributed by atoms with E-state index in [1.165, 1.54) is 6.42 Å². The maximum absolute atomic E-state index is 13.1. The summed E-state index contributed by atoms with van der Waals surface area (Å²) in [4.78, 5) is 26.3. The molecule has 198 valence electrons. The number of likely N-dealkylation sites (tertiary alicyclic amines) is 1. The summed E-state index contributed by atoms with van der Waals surface area (Å²) in [6.07, 6.45) is 10.3. The number of allylic oxidation sites excluding steroid dienone is 2. The van der Waals surface area contributed by atoms with Gasteiger partial charge in [-0.15, -0.1) is 0 Å². The summed E-state index contributed by atoms with van der Waals surface area (Å²) in [5, 5.41) is 8.83. The zero-order valence-electron chi connectivity index (χ0n) is 21.8. The number of aliphatic carboxylic acids is 1. The molecular weight excluding hydrogens is 466 g/mol. The topological polar surface area (TPSA) is 76.1 Å². The molecule has 1 saturated heterocycles. The van der Waals surface area contributed by atoms with E-state index in [9.17, 15) is 9.59 Å². The summed E-state index contributed by atoms with van der Waals surface area (Å²) in [5.74, 6) is 0.532. The van der Waals surface area contributed by atoms with E-state index in [4.69, 9.17) is 14.6 Å². The third-order valence-corrected chi connectivity index (χ3v) is 7.60. The summed E-state index contributed by atoms with van der Waals surface area (Å²) in [5.41, 5.74) is 3.37. The van der Waals surface area contributed by atoms with Gasteiger partial charge < -0.3 is 14.6 Å². The Hall–Kier alpha value is -2.96. The summed E-state index contributed by atoms with van der Waals surface area (Å²) >= 11 is 0. The molecule has 4 rings (SSSR count). The number of carboxylic acid groups (broad SMARTS) is 1. The number of benzene rings is 2. The quantitative estimate of drug-likeness (QED) is 0.363. The van der Waals surface area contributed by atoms with E-state index in [-0.39, 0.29) is 24.5 Å². The van der Waals surface area contributed by atoms with Crippen LogP contribution >= 0.6 is 0 Å². The standard InChI is InChI=1S/C31H39NO5/c1-36-26-17-15-25(16-18-26)24-13-11-23(12-14-24)22-37-29-21-28(33)31(32-19-7-4-8-20-32)27(29)9-5-2-3-6-10-30(34)35/h2-3,11-18,27,29,31H,4-10,19-22H2,1H3,(H,34,35)/b3-2+. The normalized spacial score (nSPS) is 22.5. The number of hydrogen-bond donors (Lipinski definition) is 1. The largest absolute Gasteiger partial charge is 0.497 e. The van der Waals surface area contributed by atoms with Crippen LogP contribution in [0, 0.1) is 5.92 Å². The summed E-state index contributed by atoms with van der Waals surface area (Å²) in [6.45, 7) is 2.46. The number of carboxylic acids is 1. The first-order valence-electron chi connectivity index (χ1n) is 13.5.